The van der Waals surface area contributed by atoms with Crippen molar-refractivity contribution in [2.45, 2.75) is 19.3 Å². The molecule has 1 aliphatic heterocycles. The number of nitrogens with one attached hydrogen (secondary N) is 1. The number of piperidine rings is 1. The third kappa shape index (κ3) is 5.36. The Kier molecular flexibility index (Phi) is 6.59. The molecule has 0 aliphatic carbocycles. The summed E-state index contributed by atoms with van der Waals surface area (Å²) in [6.45, 7) is 3.01. The number of nitrogens with zero attached hydrogens (tertiary/aromatic N) is 2. The lowest BCUT2D eigenvalue weighted by atomic mass is 9.95. The first-order valence-corrected chi connectivity index (χ1v) is 8.34. The van der Waals surface area contributed by atoms with E-state index in [1.807, 2.05) is 49.3 Å². The molecule has 126 valence electrons. The molecule has 1 fully saturated rings. The smallest absolute Gasteiger partial charge is 0.253 e. The summed E-state index contributed by atoms with van der Waals surface area (Å²) in [5, 5.41) is 3.01. The molecular weight excluding hydrogens is 290 g/mol. The number of rotatable bonds is 6. The average Bonchev–Trinajstić information content (AvgIpc) is 2.58. The normalized spacial score (nSPS) is 15.7. The summed E-state index contributed by atoms with van der Waals surface area (Å²) in [4.78, 5) is 28.5. The Hall–Kier alpha value is -1.88. The largest absolute Gasteiger partial charge is 0.356 e. The monoisotopic (exact) mass is 317 g/mol. The summed E-state index contributed by atoms with van der Waals surface area (Å²) < 4.78 is 0. The third-order valence-electron chi connectivity index (χ3n) is 4.26. The molecule has 1 N–H and O–H groups in total. The van der Waals surface area contributed by atoms with Gasteiger partial charge in [-0.2, -0.15) is 0 Å². The molecule has 1 aromatic rings. The molecule has 0 radical (unpaired) electrons. The van der Waals surface area contributed by atoms with Gasteiger partial charge in [0.15, 0.2) is 0 Å². The molecule has 0 saturated carbocycles. The van der Waals surface area contributed by atoms with Gasteiger partial charge in [-0.05, 0) is 52.0 Å². The van der Waals surface area contributed by atoms with Crippen LogP contribution in [0.5, 0.6) is 0 Å². The van der Waals surface area contributed by atoms with Gasteiger partial charge >= 0.3 is 0 Å². The highest BCUT2D eigenvalue weighted by Gasteiger charge is 2.27. The van der Waals surface area contributed by atoms with Crippen LogP contribution in [-0.2, 0) is 4.79 Å². The maximum atomic E-state index is 12.4. The van der Waals surface area contributed by atoms with Crippen LogP contribution >= 0.6 is 0 Å². The molecule has 23 heavy (non-hydrogen) atoms. The van der Waals surface area contributed by atoms with Gasteiger partial charge in [0, 0.05) is 31.1 Å². The van der Waals surface area contributed by atoms with Crippen LogP contribution in [0.15, 0.2) is 30.3 Å². The summed E-state index contributed by atoms with van der Waals surface area (Å²) in [5.41, 5.74) is 0.721. The molecule has 0 bridgehead atoms. The molecule has 5 heteroatoms. The molecule has 5 nitrogen and oxygen atoms in total. The first-order valence-electron chi connectivity index (χ1n) is 8.34. The summed E-state index contributed by atoms with van der Waals surface area (Å²) in [6, 6.07) is 9.34. The van der Waals surface area contributed by atoms with Crippen molar-refractivity contribution in [3.63, 3.8) is 0 Å². The van der Waals surface area contributed by atoms with Gasteiger partial charge in [0.1, 0.15) is 0 Å². The first-order chi connectivity index (χ1) is 11.1. The summed E-state index contributed by atoms with van der Waals surface area (Å²) in [5.74, 6) is 0.236. The SMILES string of the molecule is CN(C)CCCNC(=O)C1CCN(C(=O)c2ccccc2)CC1. The molecule has 0 unspecified atom stereocenters. The van der Waals surface area contributed by atoms with Crippen LogP contribution in [0.1, 0.15) is 29.6 Å². The van der Waals surface area contributed by atoms with Crippen LogP contribution in [0, 0.1) is 5.92 Å². The van der Waals surface area contributed by atoms with Gasteiger partial charge in [-0.3, -0.25) is 9.59 Å². The predicted octanol–water partition coefficient (Wildman–Crippen LogP) is 1.61. The number of benzene rings is 1. The number of hydrogen-bond donors (Lipinski definition) is 1. The number of hydrogen-bond acceptors (Lipinski definition) is 3. The van der Waals surface area contributed by atoms with Gasteiger partial charge in [-0.15, -0.1) is 0 Å². The molecule has 0 atom stereocenters. The summed E-state index contributed by atoms with van der Waals surface area (Å²) in [6.07, 6.45) is 2.46. The first kappa shape index (κ1) is 17.5. The van der Waals surface area contributed by atoms with Crippen LogP contribution in [-0.4, -0.2) is 61.9 Å². The Morgan fingerprint density at radius 1 is 1.17 bits per heavy atom. The zero-order valence-electron chi connectivity index (χ0n) is 14.1. The van der Waals surface area contributed by atoms with Gasteiger partial charge in [0.05, 0.1) is 0 Å². The second-order valence-electron chi connectivity index (χ2n) is 6.38. The van der Waals surface area contributed by atoms with Crippen LogP contribution in [0.2, 0.25) is 0 Å². The van der Waals surface area contributed by atoms with Gasteiger partial charge in [-0.1, -0.05) is 18.2 Å². The van der Waals surface area contributed by atoms with E-state index in [9.17, 15) is 9.59 Å². The Morgan fingerprint density at radius 3 is 2.43 bits per heavy atom. The molecule has 0 spiro atoms. The van der Waals surface area contributed by atoms with Crippen LogP contribution in [0.25, 0.3) is 0 Å². The zero-order valence-corrected chi connectivity index (χ0v) is 14.1. The van der Waals surface area contributed by atoms with Crippen molar-refractivity contribution in [2.24, 2.45) is 5.92 Å². The second kappa shape index (κ2) is 8.67. The lowest BCUT2D eigenvalue weighted by Gasteiger charge is -2.31. The fourth-order valence-corrected chi connectivity index (χ4v) is 2.86. The Labute approximate surface area is 138 Å². The van der Waals surface area contributed by atoms with E-state index in [4.69, 9.17) is 0 Å². The summed E-state index contributed by atoms with van der Waals surface area (Å²) >= 11 is 0. The molecule has 1 heterocycles. The number of carbonyl (C=O) groups excluding carboxylic acids is 2. The van der Waals surface area contributed by atoms with Crippen LogP contribution in [0.4, 0.5) is 0 Å². The van der Waals surface area contributed by atoms with Gasteiger partial charge in [-0.25, -0.2) is 0 Å². The lowest BCUT2D eigenvalue weighted by Crippen LogP contribution is -2.43. The molecule has 1 aliphatic rings. The van der Waals surface area contributed by atoms with Gasteiger partial charge in [0.2, 0.25) is 5.91 Å². The molecular formula is C18H27N3O2. The highest BCUT2D eigenvalue weighted by Crippen LogP contribution is 2.19. The number of likely N-dealkylation sites (tertiary alicyclic amines) is 1. The van der Waals surface area contributed by atoms with Crippen molar-refractivity contribution in [3.05, 3.63) is 35.9 Å². The quantitative estimate of drug-likeness (QED) is 0.811. The average molecular weight is 317 g/mol. The molecule has 2 rings (SSSR count). The fourth-order valence-electron chi connectivity index (χ4n) is 2.86. The Balaban J connectivity index is 1.73. The molecule has 0 aromatic heterocycles. The lowest BCUT2D eigenvalue weighted by molar-refractivity contribution is -0.126. The second-order valence-corrected chi connectivity index (χ2v) is 6.38. The third-order valence-corrected chi connectivity index (χ3v) is 4.26. The number of amides is 2. The van der Waals surface area contributed by atoms with E-state index in [1.54, 1.807) is 0 Å². The molecule has 1 saturated heterocycles. The maximum absolute atomic E-state index is 12.4. The minimum Gasteiger partial charge on any atom is -0.356 e. The van der Waals surface area contributed by atoms with Gasteiger partial charge in [0.25, 0.3) is 5.91 Å². The predicted molar refractivity (Wildman–Crippen MR) is 91.3 cm³/mol. The van der Waals surface area contributed by atoms with E-state index in [0.717, 1.165) is 37.9 Å². The van der Waals surface area contributed by atoms with Crippen molar-refractivity contribution in [1.29, 1.82) is 0 Å². The fraction of sp³-hybridized carbons (Fsp3) is 0.556. The van der Waals surface area contributed by atoms with E-state index in [-0.39, 0.29) is 17.7 Å². The highest BCUT2D eigenvalue weighted by atomic mass is 16.2. The van der Waals surface area contributed by atoms with Crippen LogP contribution < -0.4 is 5.32 Å². The minimum atomic E-state index is 0.0363. The van der Waals surface area contributed by atoms with E-state index >= 15 is 0 Å². The van der Waals surface area contributed by atoms with Crippen molar-refractivity contribution in [3.8, 4) is 0 Å². The highest BCUT2D eigenvalue weighted by molar-refractivity contribution is 5.94. The van der Waals surface area contributed by atoms with Crippen molar-refractivity contribution in [2.75, 3.05) is 40.3 Å². The van der Waals surface area contributed by atoms with Gasteiger partial charge < -0.3 is 15.1 Å². The molecule has 2 amide bonds. The van der Waals surface area contributed by atoms with Crippen molar-refractivity contribution < 1.29 is 9.59 Å². The Bertz CT molecular complexity index is 508. The van der Waals surface area contributed by atoms with E-state index < -0.39 is 0 Å². The number of carbonyl (C=O) groups is 2. The molecule has 1 aromatic carbocycles. The topological polar surface area (TPSA) is 52.7 Å². The maximum Gasteiger partial charge on any atom is 0.253 e. The standard InChI is InChI=1S/C18H27N3O2/c1-20(2)12-6-11-19-17(22)15-9-13-21(14-10-15)18(23)16-7-4-3-5-8-16/h3-5,7-8,15H,6,9-14H2,1-2H3,(H,19,22). The summed E-state index contributed by atoms with van der Waals surface area (Å²) in [7, 11) is 4.06. The van der Waals surface area contributed by atoms with Crippen LogP contribution in [0.3, 0.4) is 0 Å². The van der Waals surface area contributed by atoms with Crippen molar-refractivity contribution >= 4 is 11.8 Å². The zero-order chi connectivity index (χ0) is 16.7. The van der Waals surface area contributed by atoms with E-state index in [2.05, 4.69) is 10.2 Å². The van der Waals surface area contributed by atoms with E-state index in [0.29, 0.717) is 13.1 Å². The Morgan fingerprint density at radius 2 is 1.83 bits per heavy atom. The van der Waals surface area contributed by atoms with Crippen molar-refractivity contribution in [1.82, 2.24) is 15.1 Å². The minimum absolute atomic E-state index is 0.0363. The van der Waals surface area contributed by atoms with E-state index in [1.165, 1.54) is 0 Å².